The first-order valence-corrected chi connectivity index (χ1v) is 10.5. The minimum atomic E-state index is -1.83. The highest BCUT2D eigenvalue weighted by molar-refractivity contribution is 6.82. The summed E-state index contributed by atoms with van der Waals surface area (Å²) in [7, 11) is 0.858. The summed E-state index contributed by atoms with van der Waals surface area (Å²) < 4.78 is 2.63. The second-order valence-corrected chi connectivity index (χ2v) is 12.7. The molecule has 0 bridgehead atoms. The molecule has 0 aliphatic rings. The molecule has 13 heavy (non-hydrogen) atoms. The van der Waals surface area contributed by atoms with Crippen molar-refractivity contribution >= 4 is 23.3 Å². The standard InChI is InChI=1S/C6H19NSi2.CH2O3/c1-7(8(2)3)9(4,5)6;2-1(3)4/h8H,1-6H3;(H2,2,3,4). The van der Waals surface area contributed by atoms with Gasteiger partial charge in [-0.25, -0.2) is 4.79 Å². The summed E-state index contributed by atoms with van der Waals surface area (Å²) in [4.78, 5) is 8.56. The summed E-state index contributed by atoms with van der Waals surface area (Å²) in [6.45, 7) is 12.0. The van der Waals surface area contributed by atoms with Gasteiger partial charge in [0, 0.05) is 0 Å². The van der Waals surface area contributed by atoms with E-state index in [9.17, 15) is 0 Å². The van der Waals surface area contributed by atoms with Gasteiger partial charge in [0.05, 0.1) is 8.96 Å². The fourth-order valence-corrected chi connectivity index (χ4v) is 6.97. The molecule has 0 aromatic rings. The Bertz CT molecular complexity index is 152. The fourth-order valence-electron chi connectivity index (χ4n) is 0.775. The SMILES string of the molecule is CN([SiH](C)C)[Si](C)(C)C.O=C(O)O. The zero-order valence-electron chi connectivity index (χ0n) is 9.33. The molecular weight excluding hydrogens is 202 g/mol. The molecule has 0 saturated heterocycles. The predicted octanol–water partition coefficient (Wildman–Crippen LogP) is 1.96. The van der Waals surface area contributed by atoms with E-state index in [1.807, 2.05) is 0 Å². The molecule has 0 unspecified atom stereocenters. The summed E-state index contributed by atoms with van der Waals surface area (Å²) in [6, 6.07) is 0. The fraction of sp³-hybridized carbons (Fsp3) is 0.857. The summed E-state index contributed by atoms with van der Waals surface area (Å²) >= 11 is 0. The maximum atomic E-state index is 8.56. The van der Waals surface area contributed by atoms with Gasteiger partial charge in [0.1, 0.15) is 8.24 Å². The van der Waals surface area contributed by atoms with Gasteiger partial charge in [-0.2, -0.15) is 0 Å². The van der Waals surface area contributed by atoms with Gasteiger partial charge < -0.3 is 14.4 Å². The summed E-state index contributed by atoms with van der Waals surface area (Å²) in [5, 5.41) is 13.9. The normalized spacial score (nSPS) is 11.1. The quantitative estimate of drug-likeness (QED) is 0.703. The van der Waals surface area contributed by atoms with Crippen molar-refractivity contribution in [1.82, 2.24) is 4.23 Å². The lowest BCUT2D eigenvalue weighted by molar-refractivity contribution is 0.137. The smallest absolute Gasteiger partial charge is 0.450 e. The molecule has 0 heterocycles. The van der Waals surface area contributed by atoms with E-state index < -0.39 is 23.3 Å². The molecule has 0 aliphatic heterocycles. The van der Waals surface area contributed by atoms with Crippen LogP contribution in [0.1, 0.15) is 0 Å². The van der Waals surface area contributed by atoms with Gasteiger partial charge in [0.15, 0.2) is 0 Å². The van der Waals surface area contributed by atoms with Gasteiger partial charge in [0.25, 0.3) is 0 Å². The number of rotatable bonds is 2. The van der Waals surface area contributed by atoms with Crippen molar-refractivity contribution in [2.24, 2.45) is 0 Å². The monoisotopic (exact) mass is 223 g/mol. The number of carbonyl (C=O) groups is 1. The van der Waals surface area contributed by atoms with E-state index in [0.29, 0.717) is 0 Å². The van der Waals surface area contributed by atoms with Crippen LogP contribution in [0.2, 0.25) is 32.7 Å². The van der Waals surface area contributed by atoms with Crippen molar-refractivity contribution < 1.29 is 15.0 Å². The minimum Gasteiger partial charge on any atom is -0.450 e. The Labute approximate surface area is 83.0 Å². The van der Waals surface area contributed by atoms with Gasteiger partial charge in [-0.15, -0.1) is 0 Å². The molecule has 0 atom stereocenters. The zero-order valence-corrected chi connectivity index (χ0v) is 11.5. The molecule has 0 aromatic heterocycles. The van der Waals surface area contributed by atoms with E-state index in [-0.39, 0.29) is 0 Å². The highest BCUT2D eigenvalue weighted by atomic mass is 28.4. The van der Waals surface area contributed by atoms with Gasteiger partial charge in [-0.3, -0.25) is 0 Å². The first kappa shape index (κ1) is 15.2. The van der Waals surface area contributed by atoms with E-state index in [1.54, 1.807) is 0 Å². The Kier molecular flexibility index (Phi) is 7.19. The van der Waals surface area contributed by atoms with Crippen LogP contribution in [0, 0.1) is 0 Å². The molecule has 80 valence electrons. The van der Waals surface area contributed by atoms with Crippen molar-refractivity contribution in [3.8, 4) is 0 Å². The van der Waals surface area contributed by atoms with E-state index in [4.69, 9.17) is 15.0 Å². The van der Waals surface area contributed by atoms with Gasteiger partial charge in [0.2, 0.25) is 0 Å². The first-order valence-electron chi connectivity index (χ1n) is 4.24. The lowest BCUT2D eigenvalue weighted by Gasteiger charge is -2.33. The van der Waals surface area contributed by atoms with E-state index >= 15 is 0 Å². The average Bonchev–Trinajstić information content (AvgIpc) is 1.82. The van der Waals surface area contributed by atoms with Crippen LogP contribution in [-0.4, -0.2) is 44.8 Å². The Balaban J connectivity index is 0. The minimum absolute atomic E-state index is 0.495. The molecule has 0 aromatic carbocycles. The summed E-state index contributed by atoms with van der Waals surface area (Å²) in [6.07, 6.45) is -1.83. The summed E-state index contributed by atoms with van der Waals surface area (Å²) in [5.74, 6) is 0. The third-order valence-electron chi connectivity index (χ3n) is 1.83. The molecule has 0 rings (SSSR count). The third kappa shape index (κ3) is 11.7. The molecule has 0 amide bonds. The van der Waals surface area contributed by atoms with E-state index in [2.05, 4.69) is 44.0 Å². The van der Waals surface area contributed by atoms with Crippen LogP contribution < -0.4 is 0 Å². The third-order valence-corrected chi connectivity index (χ3v) is 9.37. The maximum absolute atomic E-state index is 8.56. The number of nitrogens with zero attached hydrogens (tertiary/aromatic N) is 1. The molecule has 0 fully saturated rings. The maximum Gasteiger partial charge on any atom is 0.503 e. The molecule has 6 heteroatoms. The van der Waals surface area contributed by atoms with Gasteiger partial charge >= 0.3 is 6.16 Å². The van der Waals surface area contributed by atoms with E-state index in [0.717, 1.165) is 0 Å². The van der Waals surface area contributed by atoms with Gasteiger partial charge in [-0.1, -0.05) is 32.7 Å². The molecule has 0 spiro atoms. The Morgan fingerprint density at radius 1 is 1.23 bits per heavy atom. The van der Waals surface area contributed by atoms with Crippen molar-refractivity contribution in [3.05, 3.63) is 0 Å². The predicted molar refractivity (Wildman–Crippen MR) is 60.6 cm³/mol. The molecule has 0 saturated carbocycles. The van der Waals surface area contributed by atoms with Crippen LogP contribution in [0.3, 0.4) is 0 Å². The second kappa shape index (κ2) is 6.17. The summed E-state index contributed by atoms with van der Waals surface area (Å²) in [5.41, 5.74) is 0. The first-order chi connectivity index (χ1) is 5.59. The van der Waals surface area contributed by atoms with Crippen LogP contribution >= 0.6 is 0 Å². The number of hydrogen-bond acceptors (Lipinski definition) is 2. The topological polar surface area (TPSA) is 60.8 Å². The molecule has 0 radical (unpaired) electrons. The second-order valence-electron chi connectivity index (χ2n) is 4.16. The highest BCUT2D eigenvalue weighted by Crippen LogP contribution is 2.07. The Hall–Kier alpha value is -0.336. The molecule has 4 nitrogen and oxygen atoms in total. The lowest BCUT2D eigenvalue weighted by atomic mass is 11.5. The van der Waals surface area contributed by atoms with E-state index in [1.165, 1.54) is 0 Å². The van der Waals surface area contributed by atoms with Crippen LogP contribution in [0.5, 0.6) is 0 Å². The number of carboxylic acid groups (broad SMARTS) is 2. The van der Waals surface area contributed by atoms with Crippen LogP contribution in [0.15, 0.2) is 0 Å². The van der Waals surface area contributed by atoms with Crippen LogP contribution in [0.25, 0.3) is 0 Å². The molecular formula is C7H21NO3Si2. The van der Waals surface area contributed by atoms with Crippen LogP contribution in [-0.2, 0) is 0 Å². The lowest BCUT2D eigenvalue weighted by Crippen LogP contribution is -2.49. The van der Waals surface area contributed by atoms with Crippen molar-refractivity contribution in [3.63, 3.8) is 0 Å². The number of hydrogen-bond donors (Lipinski definition) is 2. The zero-order chi connectivity index (χ0) is 11.2. The van der Waals surface area contributed by atoms with Crippen molar-refractivity contribution in [2.45, 2.75) is 32.7 Å². The van der Waals surface area contributed by atoms with Crippen molar-refractivity contribution in [1.29, 1.82) is 0 Å². The Morgan fingerprint density at radius 3 is 1.46 bits per heavy atom. The molecule has 0 aliphatic carbocycles. The Morgan fingerprint density at radius 2 is 1.46 bits per heavy atom. The highest BCUT2D eigenvalue weighted by Gasteiger charge is 2.21. The molecule has 2 N–H and O–H groups in total. The largest absolute Gasteiger partial charge is 0.503 e. The van der Waals surface area contributed by atoms with Gasteiger partial charge in [-0.05, 0) is 7.05 Å². The van der Waals surface area contributed by atoms with Crippen LogP contribution in [0.4, 0.5) is 4.79 Å². The van der Waals surface area contributed by atoms with Crippen molar-refractivity contribution in [2.75, 3.05) is 7.05 Å². The average molecular weight is 223 g/mol.